The van der Waals surface area contributed by atoms with Crippen LogP contribution < -0.4 is 10.2 Å². The van der Waals surface area contributed by atoms with Crippen LogP contribution in [-0.4, -0.2) is 48.6 Å². The predicted molar refractivity (Wildman–Crippen MR) is 132 cm³/mol. The molecule has 1 fully saturated rings. The molecule has 1 aliphatic heterocycles. The van der Waals surface area contributed by atoms with Gasteiger partial charge in [0.25, 0.3) is 5.91 Å². The van der Waals surface area contributed by atoms with E-state index in [2.05, 4.69) is 45.1 Å². The summed E-state index contributed by atoms with van der Waals surface area (Å²) in [4.78, 5) is 17.2. The Morgan fingerprint density at radius 2 is 1.81 bits per heavy atom. The van der Waals surface area contributed by atoms with Crippen LogP contribution in [0.1, 0.15) is 23.3 Å². The number of nitrogens with zero attached hydrogens (tertiary/aromatic N) is 3. The van der Waals surface area contributed by atoms with Crippen molar-refractivity contribution in [3.63, 3.8) is 0 Å². The lowest BCUT2D eigenvalue weighted by atomic mass is 10.0. The molecule has 168 valence electrons. The Labute approximate surface area is 197 Å². The number of carbonyl (C=O) groups is 1. The minimum absolute atomic E-state index is 0.273. The lowest BCUT2D eigenvalue weighted by molar-refractivity contribution is 0.101. The zero-order chi connectivity index (χ0) is 22.8. The number of hydrogen-bond acceptors (Lipinski definition) is 3. The summed E-state index contributed by atoms with van der Waals surface area (Å²) in [6.45, 7) is 1.65. The van der Waals surface area contributed by atoms with Crippen molar-refractivity contribution < 1.29 is 9.18 Å². The SMILES string of the molecule is CN(C)C1CCN(c2ccc(NC(=O)c3ccc(-c4ccccc4Br)n3C)cc2F)CC1. The molecule has 7 heteroatoms. The zero-order valence-corrected chi connectivity index (χ0v) is 20.2. The molecule has 0 bridgehead atoms. The first-order valence-corrected chi connectivity index (χ1v) is 11.6. The van der Waals surface area contributed by atoms with E-state index >= 15 is 0 Å². The number of anilines is 2. The largest absolute Gasteiger partial charge is 0.369 e. The molecule has 1 saturated heterocycles. The van der Waals surface area contributed by atoms with Crippen LogP contribution >= 0.6 is 15.9 Å². The van der Waals surface area contributed by atoms with Crippen LogP contribution in [-0.2, 0) is 7.05 Å². The second kappa shape index (κ2) is 9.46. The summed E-state index contributed by atoms with van der Waals surface area (Å²) in [6.07, 6.45) is 2.02. The third-order valence-electron chi connectivity index (χ3n) is 6.25. The van der Waals surface area contributed by atoms with Gasteiger partial charge in [-0.2, -0.15) is 0 Å². The molecule has 0 aliphatic carbocycles. The summed E-state index contributed by atoms with van der Waals surface area (Å²) >= 11 is 3.56. The molecule has 1 aliphatic rings. The van der Waals surface area contributed by atoms with E-state index in [1.807, 2.05) is 41.9 Å². The fraction of sp³-hybridized carbons (Fsp3) is 0.320. The molecule has 0 radical (unpaired) electrons. The van der Waals surface area contributed by atoms with Crippen molar-refractivity contribution in [2.24, 2.45) is 7.05 Å². The van der Waals surface area contributed by atoms with Gasteiger partial charge in [-0.05, 0) is 63.3 Å². The topological polar surface area (TPSA) is 40.5 Å². The fourth-order valence-corrected chi connectivity index (χ4v) is 4.83. The van der Waals surface area contributed by atoms with Gasteiger partial charge in [-0.1, -0.05) is 34.1 Å². The van der Waals surface area contributed by atoms with Crippen LogP contribution in [0.3, 0.4) is 0 Å². The monoisotopic (exact) mass is 498 g/mol. The van der Waals surface area contributed by atoms with Gasteiger partial charge in [0.2, 0.25) is 0 Å². The number of amides is 1. The highest BCUT2D eigenvalue weighted by molar-refractivity contribution is 9.10. The molecule has 0 saturated carbocycles. The fourth-order valence-electron chi connectivity index (χ4n) is 4.34. The quantitative estimate of drug-likeness (QED) is 0.513. The van der Waals surface area contributed by atoms with Crippen LogP contribution in [0.5, 0.6) is 0 Å². The summed E-state index contributed by atoms with van der Waals surface area (Å²) in [5.41, 5.74) is 3.47. The van der Waals surface area contributed by atoms with Gasteiger partial charge in [0.15, 0.2) is 0 Å². The van der Waals surface area contributed by atoms with E-state index in [0.29, 0.717) is 23.1 Å². The van der Waals surface area contributed by atoms with Gasteiger partial charge < -0.3 is 19.7 Å². The van der Waals surface area contributed by atoms with Crippen LogP contribution in [0, 0.1) is 5.82 Å². The zero-order valence-electron chi connectivity index (χ0n) is 18.6. The smallest absolute Gasteiger partial charge is 0.272 e. The van der Waals surface area contributed by atoms with E-state index < -0.39 is 0 Å². The van der Waals surface area contributed by atoms with Crippen molar-refractivity contribution in [1.82, 2.24) is 9.47 Å². The predicted octanol–water partition coefficient (Wildman–Crippen LogP) is 5.38. The molecule has 2 aromatic carbocycles. The summed E-state index contributed by atoms with van der Waals surface area (Å²) in [6, 6.07) is 17.0. The van der Waals surface area contributed by atoms with Gasteiger partial charge in [0.1, 0.15) is 11.5 Å². The van der Waals surface area contributed by atoms with Gasteiger partial charge in [0, 0.05) is 47.6 Å². The molecule has 32 heavy (non-hydrogen) atoms. The number of aromatic nitrogens is 1. The number of rotatable bonds is 5. The maximum Gasteiger partial charge on any atom is 0.272 e. The first-order valence-electron chi connectivity index (χ1n) is 10.8. The van der Waals surface area contributed by atoms with Crippen molar-refractivity contribution in [3.05, 3.63) is 70.6 Å². The molecular weight excluding hydrogens is 471 g/mol. The molecule has 3 aromatic rings. The molecule has 2 heterocycles. The normalized spacial score (nSPS) is 14.8. The molecule has 1 amide bonds. The van der Waals surface area contributed by atoms with Gasteiger partial charge in [-0.15, -0.1) is 0 Å². The highest BCUT2D eigenvalue weighted by atomic mass is 79.9. The van der Waals surface area contributed by atoms with Crippen molar-refractivity contribution in [1.29, 1.82) is 0 Å². The van der Waals surface area contributed by atoms with Gasteiger partial charge in [0.05, 0.1) is 5.69 Å². The molecule has 0 spiro atoms. The summed E-state index contributed by atoms with van der Waals surface area (Å²) in [5.74, 6) is -0.586. The number of hydrogen-bond donors (Lipinski definition) is 1. The van der Waals surface area contributed by atoms with E-state index in [1.165, 1.54) is 6.07 Å². The Bertz CT molecular complexity index is 1120. The summed E-state index contributed by atoms with van der Waals surface area (Å²) in [7, 11) is 6.03. The van der Waals surface area contributed by atoms with Crippen LogP contribution in [0.4, 0.5) is 15.8 Å². The maximum atomic E-state index is 14.9. The minimum atomic E-state index is -0.313. The molecule has 0 atom stereocenters. The van der Waals surface area contributed by atoms with Crippen molar-refractivity contribution >= 4 is 33.2 Å². The number of benzene rings is 2. The number of halogens is 2. The third-order valence-corrected chi connectivity index (χ3v) is 6.94. The van der Waals surface area contributed by atoms with Gasteiger partial charge in [-0.3, -0.25) is 4.79 Å². The van der Waals surface area contributed by atoms with Crippen LogP contribution in [0.15, 0.2) is 59.1 Å². The second-order valence-corrected chi connectivity index (χ2v) is 9.30. The van der Waals surface area contributed by atoms with Crippen LogP contribution in [0.2, 0.25) is 0 Å². The number of piperidine rings is 1. The molecule has 1 N–H and O–H groups in total. The van der Waals surface area contributed by atoms with E-state index in [-0.39, 0.29) is 11.7 Å². The molecular formula is C25H28BrFN4O. The Balaban J connectivity index is 1.47. The van der Waals surface area contributed by atoms with E-state index in [9.17, 15) is 9.18 Å². The lowest BCUT2D eigenvalue weighted by Crippen LogP contribution is -2.42. The van der Waals surface area contributed by atoms with Gasteiger partial charge in [-0.25, -0.2) is 4.39 Å². The first kappa shape index (κ1) is 22.6. The number of nitrogens with one attached hydrogen (secondary N) is 1. The second-order valence-electron chi connectivity index (χ2n) is 8.44. The maximum absolute atomic E-state index is 14.9. The Kier molecular flexibility index (Phi) is 6.67. The Morgan fingerprint density at radius 1 is 1.09 bits per heavy atom. The first-order chi connectivity index (χ1) is 15.3. The highest BCUT2D eigenvalue weighted by Crippen LogP contribution is 2.30. The standard InChI is InChI=1S/C25H28BrFN4O/c1-29(2)18-12-14-31(15-13-18)23-9-8-17(16-21(23)27)28-25(32)24-11-10-22(30(24)3)19-6-4-5-7-20(19)26/h4-11,16,18H,12-15H2,1-3H3,(H,28,32). The average Bonchev–Trinajstić information content (AvgIpc) is 3.15. The third kappa shape index (κ3) is 4.59. The average molecular weight is 499 g/mol. The van der Waals surface area contributed by atoms with Crippen molar-refractivity contribution in [3.8, 4) is 11.3 Å². The van der Waals surface area contributed by atoms with E-state index in [0.717, 1.165) is 41.7 Å². The Hall–Kier alpha value is -2.64. The molecule has 5 nitrogen and oxygen atoms in total. The van der Waals surface area contributed by atoms with E-state index in [4.69, 9.17) is 0 Å². The molecule has 0 unspecified atom stereocenters. The van der Waals surface area contributed by atoms with Crippen LogP contribution in [0.25, 0.3) is 11.3 Å². The molecule has 4 rings (SSSR count). The highest BCUT2D eigenvalue weighted by Gasteiger charge is 2.23. The molecule has 1 aromatic heterocycles. The van der Waals surface area contributed by atoms with Crippen molar-refractivity contribution in [2.45, 2.75) is 18.9 Å². The van der Waals surface area contributed by atoms with E-state index in [1.54, 1.807) is 18.2 Å². The Morgan fingerprint density at radius 3 is 2.47 bits per heavy atom. The minimum Gasteiger partial charge on any atom is -0.369 e. The van der Waals surface area contributed by atoms with Crippen molar-refractivity contribution in [2.75, 3.05) is 37.4 Å². The lowest BCUT2D eigenvalue weighted by Gasteiger charge is -2.36. The van der Waals surface area contributed by atoms with Gasteiger partial charge >= 0.3 is 0 Å². The summed E-state index contributed by atoms with van der Waals surface area (Å²) in [5, 5.41) is 2.83. The summed E-state index contributed by atoms with van der Waals surface area (Å²) < 4.78 is 17.7. The number of carbonyl (C=O) groups excluding carboxylic acids is 1.